The van der Waals surface area contributed by atoms with Gasteiger partial charge in [-0.2, -0.15) is 15.2 Å². The number of carbonyl (C=O) groups is 1. The van der Waals surface area contributed by atoms with Crippen molar-refractivity contribution in [3.63, 3.8) is 0 Å². The van der Waals surface area contributed by atoms with E-state index >= 15 is 0 Å². The molecule has 0 N–H and O–H groups in total. The standard InChI is InChI=1S/C30H35ClFN7O2/c1-19(32)29(40)39-14-13-37(15-21(39)10-11-33)28-23-16-38(26-9-8-20-5-3-7-24(31)27(20)26)17-25(23)34-30(35-28)41-18-22-6-4-12-36(22)2/h3,5,7,21-22,26H,1,4,6,8-10,12-18H2,2H3/t21-,22-,26?/m0/s1. The number of hydrogen-bond acceptors (Lipinski definition) is 8. The summed E-state index contributed by atoms with van der Waals surface area (Å²) < 4.78 is 20.0. The predicted molar refractivity (Wildman–Crippen MR) is 153 cm³/mol. The van der Waals surface area contributed by atoms with Gasteiger partial charge in [-0.3, -0.25) is 9.69 Å². The first-order valence-corrected chi connectivity index (χ1v) is 14.7. The molecule has 0 spiro atoms. The number of anilines is 1. The molecule has 11 heteroatoms. The second-order valence-electron chi connectivity index (χ2n) is 11.5. The van der Waals surface area contributed by atoms with E-state index in [0.29, 0.717) is 44.8 Å². The van der Waals surface area contributed by atoms with Gasteiger partial charge in [-0.15, -0.1) is 0 Å². The van der Waals surface area contributed by atoms with Crippen LogP contribution in [-0.2, 0) is 24.3 Å². The van der Waals surface area contributed by atoms with E-state index in [-0.39, 0.29) is 19.0 Å². The Kier molecular flexibility index (Phi) is 7.86. The lowest BCUT2D eigenvalue weighted by molar-refractivity contribution is -0.131. The molecule has 1 unspecified atom stereocenters. The Bertz CT molecular complexity index is 1400. The maximum atomic E-state index is 13.8. The average molecular weight is 580 g/mol. The van der Waals surface area contributed by atoms with Crippen LogP contribution in [0.5, 0.6) is 6.01 Å². The number of fused-ring (bicyclic) bond motifs is 2. The number of carbonyl (C=O) groups excluding carboxylic acids is 1. The van der Waals surface area contributed by atoms with Gasteiger partial charge in [-0.05, 0) is 56.5 Å². The van der Waals surface area contributed by atoms with Gasteiger partial charge in [-0.25, -0.2) is 4.39 Å². The number of nitrogens with zero attached hydrogens (tertiary/aromatic N) is 7. The first-order chi connectivity index (χ1) is 19.8. The zero-order chi connectivity index (χ0) is 28.7. The number of aromatic nitrogens is 2. The molecule has 41 heavy (non-hydrogen) atoms. The maximum absolute atomic E-state index is 13.8. The lowest BCUT2D eigenvalue weighted by Gasteiger charge is -2.41. The van der Waals surface area contributed by atoms with Crippen LogP contribution in [0.25, 0.3) is 0 Å². The Labute approximate surface area is 245 Å². The van der Waals surface area contributed by atoms with E-state index in [9.17, 15) is 14.4 Å². The molecule has 9 nitrogen and oxygen atoms in total. The number of piperazine rings is 1. The number of ether oxygens (including phenoxy) is 1. The van der Waals surface area contributed by atoms with Gasteiger partial charge < -0.3 is 19.4 Å². The molecule has 4 aliphatic rings. The molecule has 0 radical (unpaired) electrons. The third-order valence-electron chi connectivity index (χ3n) is 9.05. The van der Waals surface area contributed by atoms with Crippen molar-refractivity contribution >= 4 is 23.3 Å². The van der Waals surface area contributed by atoms with Gasteiger partial charge in [-0.1, -0.05) is 30.3 Å². The Hall–Kier alpha value is -3.26. The second-order valence-corrected chi connectivity index (χ2v) is 11.9. The Morgan fingerprint density at radius 1 is 1.22 bits per heavy atom. The first-order valence-electron chi connectivity index (χ1n) is 14.4. The van der Waals surface area contributed by atoms with Gasteiger partial charge in [0.15, 0.2) is 5.83 Å². The molecule has 2 saturated heterocycles. The van der Waals surface area contributed by atoms with Crippen LogP contribution in [0.15, 0.2) is 30.6 Å². The fourth-order valence-corrected chi connectivity index (χ4v) is 7.19. The molecule has 1 aromatic heterocycles. The molecule has 1 aliphatic carbocycles. The van der Waals surface area contributed by atoms with E-state index in [4.69, 9.17) is 26.3 Å². The largest absolute Gasteiger partial charge is 0.462 e. The smallest absolute Gasteiger partial charge is 0.318 e. The minimum Gasteiger partial charge on any atom is -0.462 e. The Balaban J connectivity index is 1.30. The van der Waals surface area contributed by atoms with Gasteiger partial charge >= 0.3 is 6.01 Å². The SMILES string of the molecule is C=C(F)C(=O)N1CCN(c2nc(OC[C@@H]3CCCN3C)nc3c2CN(C2CCc4cccc(Cl)c42)C3)C[C@@H]1CC#N. The van der Waals surface area contributed by atoms with E-state index in [0.717, 1.165) is 54.3 Å². The summed E-state index contributed by atoms with van der Waals surface area (Å²) in [6.45, 7) is 7.15. The molecule has 0 saturated carbocycles. The van der Waals surface area contributed by atoms with E-state index in [2.05, 4.69) is 40.5 Å². The van der Waals surface area contributed by atoms with Gasteiger partial charge in [0.05, 0.1) is 24.2 Å². The van der Waals surface area contributed by atoms with Gasteiger partial charge in [0.25, 0.3) is 5.91 Å². The summed E-state index contributed by atoms with van der Waals surface area (Å²) in [5.74, 6) is -1.01. The van der Waals surface area contributed by atoms with E-state index in [1.807, 2.05) is 12.1 Å². The number of likely N-dealkylation sites (tertiary alicyclic amines) is 1. The van der Waals surface area contributed by atoms with Crippen molar-refractivity contribution in [3.8, 4) is 12.1 Å². The number of benzene rings is 1. The number of amides is 1. The normalized spacial score (nSPS) is 24.3. The second kappa shape index (κ2) is 11.6. The Morgan fingerprint density at radius 3 is 2.83 bits per heavy atom. The highest BCUT2D eigenvalue weighted by molar-refractivity contribution is 6.31. The Morgan fingerprint density at radius 2 is 2.07 bits per heavy atom. The van der Waals surface area contributed by atoms with E-state index in [1.165, 1.54) is 16.0 Å². The van der Waals surface area contributed by atoms with Crippen LogP contribution in [0.4, 0.5) is 10.2 Å². The van der Waals surface area contributed by atoms with Crippen molar-refractivity contribution in [2.75, 3.05) is 44.7 Å². The van der Waals surface area contributed by atoms with Crippen LogP contribution >= 0.6 is 11.6 Å². The topological polar surface area (TPSA) is 88.8 Å². The maximum Gasteiger partial charge on any atom is 0.318 e. The van der Waals surface area contributed by atoms with Crippen molar-refractivity contribution in [2.45, 2.75) is 63.3 Å². The number of rotatable bonds is 7. The summed E-state index contributed by atoms with van der Waals surface area (Å²) in [5.41, 5.74) is 4.45. The zero-order valence-electron chi connectivity index (χ0n) is 23.4. The number of nitriles is 1. The fraction of sp³-hybridized carbons (Fsp3) is 0.533. The summed E-state index contributed by atoms with van der Waals surface area (Å²) in [5, 5.41) is 10.3. The molecule has 2 fully saturated rings. The minimum atomic E-state index is -1.01. The highest BCUT2D eigenvalue weighted by Crippen LogP contribution is 2.44. The highest BCUT2D eigenvalue weighted by Gasteiger charge is 2.39. The quantitative estimate of drug-likeness (QED) is 0.455. The molecular weight excluding hydrogens is 545 g/mol. The van der Waals surface area contributed by atoms with Crippen molar-refractivity contribution < 1.29 is 13.9 Å². The fourth-order valence-electron chi connectivity index (χ4n) is 6.87. The third kappa shape index (κ3) is 5.39. The lowest BCUT2D eigenvalue weighted by Crippen LogP contribution is -2.55. The van der Waals surface area contributed by atoms with Crippen LogP contribution < -0.4 is 9.64 Å². The van der Waals surface area contributed by atoms with Gasteiger partial charge in [0.1, 0.15) is 12.4 Å². The molecule has 216 valence electrons. The molecule has 0 bridgehead atoms. The number of likely N-dealkylation sites (N-methyl/N-ethyl adjacent to an activating group) is 1. The zero-order valence-corrected chi connectivity index (χ0v) is 24.1. The molecule has 6 rings (SSSR count). The van der Waals surface area contributed by atoms with Crippen LogP contribution in [0, 0.1) is 11.3 Å². The van der Waals surface area contributed by atoms with Crippen molar-refractivity contribution in [2.24, 2.45) is 0 Å². The van der Waals surface area contributed by atoms with Crippen molar-refractivity contribution in [1.29, 1.82) is 5.26 Å². The summed E-state index contributed by atoms with van der Waals surface area (Å²) >= 11 is 6.68. The van der Waals surface area contributed by atoms with Crippen molar-refractivity contribution in [3.05, 3.63) is 58.0 Å². The van der Waals surface area contributed by atoms with Crippen LogP contribution in [-0.4, -0.2) is 82.5 Å². The molecule has 3 aliphatic heterocycles. The summed E-state index contributed by atoms with van der Waals surface area (Å²) in [4.78, 5) is 30.5. The minimum absolute atomic E-state index is 0.0870. The van der Waals surface area contributed by atoms with E-state index < -0.39 is 17.8 Å². The van der Waals surface area contributed by atoms with Gasteiger partial charge in [0.2, 0.25) is 0 Å². The van der Waals surface area contributed by atoms with Crippen LogP contribution in [0.1, 0.15) is 54.1 Å². The monoisotopic (exact) mass is 579 g/mol. The lowest BCUT2D eigenvalue weighted by atomic mass is 10.1. The molecule has 1 aromatic carbocycles. The molecular formula is C30H35ClFN7O2. The van der Waals surface area contributed by atoms with Crippen LogP contribution in [0.3, 0.4) is 0 Å². The highest BCUT2D eigenvalue weighted by atomic mass is 35.5. The summed E-state index contributed by atoms with van der Waals surface area (Å²) in [6, 6.07) is 8.67. The number of halogens is 2. The third-order valence-corrected chi connectivity index (χ3v) is 9.38. The number of hydrogen-bond donors (Lipinski definition) is 0. The predicted octanol–water partition coefficient (Wildman–Crippen LogP) is 4.02. The summed E-state index contributed by atoms with van der Waals surface area (Å²) in [7, 11) is 2.11. The molecule has 4 heterocycles. The number of aryl methyl sites for hydroxylation is 1. The van der Waals surface area contributed by atoms with Crippen molar-refractivity contribution in [1.82, 2.24) is 24.7 Å². The average Bonchev–Trinajstić information content (AvgIpc) is 3.69. The van der Waals surface area contributed by atoms with Crippen LogP contribution in [0.2, 0.25) is 5.02 Å². The molecule has 1 amide bonds. The van der Waals surface area contributed by atoms with E-state index in [1.54, 1.807) is 0 Å². The molecule has 2 aromatic rings. The summed E-state index contributed by atoms with van der Waals surface area (Å²) in [6.07, 6.45) is 4.29. The molecule has 3 atom stereocenters. The first kappa shape index (κ1) is 27.9. The van der Waals surface area contributed by atoms with Gasteiger partial charge in [0, 0.05) is 55.4 Å².